The number of fused-ring (bicyclic) bond motifs is 2. The summed E-state index contributed by atoms with van der Waals surface area (Å²) in [6.45, 7) is 0.201. The van der Waals surface area contributed by atoms with E-state index in [9.17, 15) is 19.5 Å². The van der Waals surface area contributed by atoms with Crippen molar-refractivity contribution in [3.8, 4) is 5.75 Å². The molecule has 2 atom stereocenters. The van der Waals surface area contributed by atoms with Crippen LogP contribution in [0.3, 0.4) is 0 Å². The number of ether oxygens (including phenoxy) is 1. The van der Waals surface area contributed by atoms with E-state index in [1.54, 1.807) is 11.6 Å². The predicted octanol–water partition coefficient (Wildman–Crippen LogP) is 2.79. The van der Waals surface area contributed by atoms with Gasteiger partial charge in [0.2, 0.25) is 11.8 Å². The number of carbonyl (C=O) groups is 3. The van der Waals surface area contributed by atoms with Crippen LogP contribution in [0.15, 0.2) is 62.7 Å². The van der Waals surface area contributed by atoms with Gasteiger partial charge in [-0.25, -0.2) is 9.78 Å². The number of nitrogens with one attached hydrogen (secondary N) is 1. The molecule has 1 aromatic carbocycles. The minimum Gasteiger partial charge on any atom is -0.484 e. The van der Waals surface area contributed by atoms with Crippen molar-refractivity contribution in [2.45, 2.75) is 16.3 Å². The van der Waals surface area contributed by atoms with Gasteiger partial charge in [0.05, 0.1) is 0 Å². The van der Waals surface area contributed by atoms with Crippen LogP contribution >= 0.6 is 46.2 Å². The maximum atomic E-state index is 13.1. The van der Waals surface area contributed by atoms with Crippen LogP contribution < -0.4 is 15.8 Å². The summed E-state index contributed by atoms with van der Waals surface area (Å²) in [4.78, 5) is 52.9. The number of hydrogen-bond acceptors (Lipinski definition) is 15. The number of para-hydroxylation sites is 1. The van der Waals surface area contributed by atoms with Gasteiger partial charge in [-0.2, -0.15) is 0 Å². The average molecular weight is 671 g/mol. The van der Waals surface area contributed by atoms with E-state index in [2.05, 4.69) is 30.6 Å². The number of rotatable bonds is 10. The lowest BCUT2D eigenvalue weighted by molar-refractivity contribution is -0.157. The molecule has 0 radical (unpaired) electrons. The van der Waals surface area contributed by atoms with Gasteiger partial charge in [-0.1, -0.05) is 46.5 Å². The van der Waals surface area contributed by atoms with E-state index >= 15 is 0 Å². The number of amides is 2. The molecule has 4 N–H and O–H groups in total. The normalized spacial score (nSPS) is 18.2. The number of pyridine rings is 1. The predicted molar refractivity (Wildman–Crippen MR) is 166 cm³/mol. The number of anilines is 1. The van der Waals surface area contributed by atoms with Crippen molar-refractivity contribution in [1.29, 1.82) is 0 Å². The summed E-state index contributed by atoms with van der Waals surface area (Å²) in [5.41, 5.74) is 7.14. The van der Waals surface area contributed by atoms with Gasteiger partial charge in [0.25, 0.3) is 0 Å². The molecule has 6 rings (SSSR count). The number of thiazole rings is 1. The molecule has 2 aliphatic rings. The van der Waals surface area contributed by atoms with Crippen LogP contribution in [0, 0.1) is 5.92 Å². The highest BCUT2D eigenvalue weighted by Crippen LogP contribution is 2.45. The van der Waals surface area contributed by atoms with Crippen molar-refractivity contribution < 1.29 is 29.1 Å². The number of carboxylic acids is 1. The molecule has 0 spiro atoms. The number of nitrogens with two attached hydrogens (primary N) is 1. The van der Waals surface area contributed by atoms with Gasteiger partial charge in [0.15, 0.2) is 20.3 Å². The van der Waals surface area contributed by atoms with E-state index in [1.165, 1.54) is 46.9 Å². The maximum absolute atomic E-state index is 13.1. The molecular weight excluding hydrogens is 649 g/mol. The molecule has 3 aromatic heterocycles. The van der Waals surface area contributed by atoms with E-state index in [4.69, 9.17) is 15.3 Å². The molecule has 1 saturated heterocycles. The molecule has 14 nitrogen and oxygen atoms in total. The Labute approximate surface area is 265 Å². The largest absolute Gasteiger partial charge is 0.484 e. The van der Waals surface area contributed by atoms with E-state index < -0.39 is 29.1 Å². The summed E-state index contributed by atoms with van der Waals surface area (Å²) in [6, 6.07) is 9.51. The third-order valence-corrected chi connectivity index (χ3v) is 10.6. The number of nitrogens with zero attached hydrogens (tertiary/aromatic N) is 6. The summed E-state index contributed by atoms with van der Waals surface area (Å²) in [5.74, 6) is -2.38. The Morgan fingerprint density at radius 2 is 2.11 bits per heavy atom. The zero-order valence-corrected chi connectivity index (χ0v) is 26.0. The van der Waals surface area contributed by atoms with Crippen LogP contribution in [0.2, 0.25) is 0 Å². The van der Waals surface area contributed by atoms with Crippen LogP contribution in [0.1, 0.15) is 10.7 Å². The molecule has 0 bridgehead atoms. The fourth-order valence-electron chi connectivity index (χ4n) is 4.55. The minimum atomic E-state index is -1.24. The molecule has 44 heavy (non-hydrogen) atoms. The zero-order chi connectivity index (χ0) is 30.8. The van der Waals surface area contributed by atoms with E-state index in [-0.39, 0.29) is 34.7 Å². The summed E-state index contributed by atoms with van der Waals surface area (Å²) < 4.78 is 6.57. The molecule has 2 aliphatic heterocycles. The van der Waals surface area contributed by atoms with Gasteiger partial charge in [0, 0.05) is 28.5 Å². The first kappa shape index (κ1) is 29.8. The number of thioether (sulfide) groups is 2. The first-order valence-corrected chi connectivity index (χ1v) is 16.5. The summed E-state index contributed by atoms with van der Waals surface area (Å²) >= 11 is 5.13. The second-order valence-electron chi connectivity index (χ2n) is 9.20. The van der Waals surface area contributed by atoms with Crippen LogP contribution in [0.25, 0.3) is 10.9 Å². The molecular formula is C26H22N8O6S4. The lowest BCUT2D eigenvalue weighted by atomic mass is 9.94. The first-order valence-electron chi connectivity index (χ1n) is 12.8. The lowest BCUT2D eigenvalue weighted by Crippen LogP contribution is -2.66. The lowest BCUT2D eigenvalue weighted by Gasteiger charge is -2.48. The third kappa shape index (κ3) is 5.92. The fraction of sp³-hybridized carbons (Fsp3) is 0.231. The number of nitrogen functional groups attached to an aromatic ring is 1. The highest BCUT2D eigenvalue weighted by Gasteiger charge is 2.57. The quantitative estimate of drug-likeness (QED) is 0.0557. The van der Waals surface area contributed by atoms with Crippen molar-refractivity contribution in [3.63, 3.8) is 0 Å². The second-order valence-corrected chi connectivity index (χ2v) is 13.5. The SMILES string of the molecule is CO/N=C(/NC(=O)[C@@H]1C(=O)N2C(C(=O)O)=C(CSc3nnc(COc4cccc5cccnc45)s3)CS[C@H]12)c1csc(N)n1. The number of carbonyl (C=O) groups excluding carboxylic acids is 2. The highest BCUT2D eigenvalue weighted by molar-refractivity contribution is 8.01. The van der Waals surface area contributed by atoms with Crippen molar-refractivity contribution in [1.82, 2.24) is 30.4 Å². The summed E-state index contributed by atoms with van der Waals surface area (Å²) in [7, 11) is 1.30. The van der Waals surface area contributed by atoms with Gasteiger partial charge in [-0.05, 0) is 17.7 Å². The van der Waals surface area contributed by atoms with Crippen molar-refractivity contribution in [2.75, 3.05) is 24.3 Å². The van der Waals surface area contributed by atoms with Gasteiger partial charge in [-0.15, -0.1) is 33.3 Å². The van der Waals surface area contributed by atoms with Gasteiger partial charge < -0.3 is 25.7 Å². The average Bonchev–Trinajstić information content (AvgIpc) is 3.67. The number of aliphatic carboxylic acids is 1. The highest BCUT2D eigenvalue weighted by atomic mass is 32.2. The molecule has 0 aliphatic carbocycles. The molecule has 2 amide bonds. The Balaban J connectivity index is 1.09. The molecule has 4 aromatic rings. The Morgan fingerprint density at radius 1 is 1.27 bits per heavy atom. The Kier molecular flexibility index (Phi) is 8.65. The van der Waals surface area contributed by atoms with Gasteiger partial charge in [-0.3, -0.25) is 19.5 Å². The molecule has 226 valence electrons. The molecule has 5 heterocycles. The molecule has 0 saturated carbocycles. The fourth-order valence-corrected chi connectivity index (χ4v) is 8.45. The van der Waals surface area contributed by atoms with Gasteiger partial charge in [0.1, 0.15) is 47.7 Å². The number of β-lactam (4-membered cyclic amide) rings is 1. The number of carboxylic acid groups (broad SMARTS) is 1. The van der Waals surface area contributed by atoms with Crippen LogP contribution in [-0.2, 0) is 25.8 Å². The minimum absolute atomic E-state index is 0.000730. The number of hydrogen-bond donors (Lipinski definition) is 3. The van der Waals surface area contributed by atoms with Crippen molar-refractivity contribution in [2.24, 2.45) is 11.1 Å². The molecule has 0 unspecified atom stereocenters. The first-order chi connectivity index (χ1) is 21.3. The van der Waals surface area contributed by atoms with Crippen molar-refractivity contribution in [3.05, 3.63) is 63.9 Å². The Hall–Kier alpha value is -4.26. The maximum Gasteiger partial charge on any atom is 0.352 e. The number of benzene rings is 1. The van der Waals surface area contributed by atoms with Gasteiger partial charge >= 0.3 is 5.97 Å². The molecule has 1 fully saturated rings. The van der Waals surface area contributed by atoms with E-state index in [0.717, 1.165) is 22.2 Å². The second kappa shape index (κ2) is 12.8. The topological polar surface area (TPSA) is 195 Å². The number of oxime groups is 1. The van der Waals surface area contributed by atoms with Crippen LogP contribution in [0.5, 0.6) is 5.75 Å². The zero-order valence-electron chi connectivity index (χ0n) is 22.7. The van der Waals surface area contributed by atoms with Crippen LogP contribution in [-0.4, -0.2) is 77.8 Å². The number of aromatic nitrogens is 4. The smallest absolute Gasteiger partial charge is 0.352 e. The Morgan fingerprint density at radius 3 is 2.89 bits per heavy atom. The summed E-state index contributed by atoms with van der Waals surface area (Å²) in [6.07, 6.45) is 1.71. The Bertz CT molecular complexity index is 1820. The van der Waals surface area contributed by atoms with Crippen LogP contribution in [0.4, 0.5) is 5.13 Å². The van der Waals surface area contributed by atoms with Crippen molar-refractivity contribution >= 4 is 85.9 Å². The van der Waals surface area contributed by atoms with E-state index in [1.807, 2.05) is 30.3 Å². The number of amidine groups is 1. The molecule has 18 heteroatoms. The summed E-state index contributed by atoms with van der Waals surface area (Å²) in [5, 5.41) is 27.6. The van der Waals surface area contributed by atoms with E-state index in [0.29, 0.717) is 26.4 Å². The third-order valence-electron chi connectivity index (χ3n) is 6.49. The monoisotopic (exact) mass is 670 g/mol. The standard InChI is InChI=1S/C26H22N8O6S4/c1-39-33-20(14-11-42-25(27)29-14)30-21(35)17-22(36)34-19(24(37)38)13(9-41-23(17)34)10-43-26-32-31-16(44-26)8-40-15-6-2-4-12-5-3-7-28-18(12)15/h2-7,11,17,23H,8-10H2,1H3,(H2,27,29)(H,37,38)(H,30,33,35)/t17-,23-/m1/s1.